The minimum absolute atomic E-state index is 0.152. The van der Waals surface area contributed by atoms with Crippen molar-refractivity contribution < 1.29 is 22.5 Å². The summed E-state index contributed by atoms with van der Waals surface area (Å²) in [5.41, 5.74) is 0.960. The Morgan fingerprint density at radius 3 is 2.52 bits per heavy atom. The highest BCUT2D eigenvalue weighted by atomic mass is 32.2. The molecule has 0 radical (unpaired) electrons. The fourth-order valence-corrected chi connectivity index (χ4v) is 1.81. The molecule has 1 aromatic rings. The van der Waals surface area contributed by atoms with E-state index in [2.05, 4.69) is 14.1 Å². The highest BCUT2D eigenvalue weighted by molar-refractivity contribution is 7.91. The van der Waals surface area contributed by atoms with Gasteiger partial charge in [0.2, 0.25) is 5.88 Å². The molecule has 0 amide bonds. The van der Waals surface area contributed by atoms with Crippen molar-refractivity contribution in [2.45, 2.75) is 38.6 Å². The maximum atomic E-state index is 12.1. The summed E-state index contributed by atoms with van der Waals surface area (Å²) in [5, 5.41) is 0. The van der Waals surface area contributed by atoms with Crippen molar-refractivity contribution >= 4 is 17.1 Å². The maximum Gasteiger partial charge on any atom is 0.422 e. The molecule has 0 aliphatic carbocycles. The molecule has 0 aliphatic rings. The summed E-state index contributed by atoms with van der Waals surface area (Å²) in [4.78, 5) is 3.70. The molecule has 0 saturated carbocycles. The van der Waals surface area contributed by atoms with E-state index in [1.165, 1.54) is 12.3 Å². The SMILES string of the molecule is CC(=N[S+]([O-])C(C)(C)C)c1ccnc(OCC(F)(F)F)c1. The van der Waals surface area contributed by atoms with Crippen molar-refractivity contribution in [2.75, 3.05) is 6.61 Å². The van der Waals surface area contributed by atoms with Gasteiger partial charge in [0.15, 0.2) is 6.61 Å². The van der Waals surface area contributed by atoms with Gasteiger partial charge in [0, 0.05) is 17.8 Å². The summed E-state index contributed by atoms with van der Waals surface area (Å²) in [6, 6.07) is 2.91. The average molecular weight is 322 g/mol. The van der Waals surface area contributed by atoms with Crippen molar-refractivity contribution in [1.82, 2.24) is 4.98 Å². The van der Waals surface area contributed by atoms with Crippen LogP contribution in [0, 0.1) is 0 Å². The quantitative estimate of drug-likeness (QED) is 0.631. The number of rotatable bonds is 4. The van der Waals surface area contributed by atoms with E-state index in [-0.39, 0.29) is 5.88 Å². The van der Waals surface area contributed by atoms with Crippen molar-refractivity contribution in [3.63, 3.8) is 0 Å². The van der Waals surface area contributed by atoms with Gasteiger partial charge in [-0.3, -0.25) is 0 Å². The number of hydrogen-bond acceptors (Lipinski definition) is 4. The molecule has 1 atom stereocenters. The van der Waals surface area contributed by atoms with Crippen LogP contribution in [0.1, 0.15) is 33.3 Å². The van der Waals surface area contributed by atoms with E-state index in [1.54, 1.807) is 33.8 Å². The predicted molar refractivity (Wildman–Crippen MR) is 75.9 cm³/mol. The highest BCUT2D eigenvalue weighted by Gasteiger charge is 2.29. The molecule has 0 fully saturated rings. The maximum absolute atomic E-state index is 12.1. The lowest BCUT2D eigenvalue weighted by Gasteiger charge is -2.18. The fourth-order valence-electron chi connectivity index (χ4n) is 1.18. The molecule has 4 nitrogen and oxygen atoms in total. The molecule has 118 valence electrons. The van der Waals surface area contributed by atoms with E-state index < -0.39 is 28.9 Å². The van der Waals surface area contributed by atoms with Crippen LogP contribution in [0.15, 0.2) is 22.7 Å². The molecule has 0 spiro atoms. The lowest BCUT2D eigenvalue weighted by Crippen LogP contribution is -2.26. The van der Waals surface area contributed by atoms with Gasteiger partial charge in [0.1, 0.15) is 16.1 Å². The summed E-state index contributed by atoms with van der Waals surface area (Å²) in [6.45, 7) is 5.57. The molecule has 0 saturated heterocycles. The third-order valence-corrected chi connectivity index (χ3v) is 3.77. The van der Waals surface area contributed by atoms with Gasteiger partial charge in [-0.25, -0.2) is 4.98 Å². The lowest BCUT2D eigenvalue weighted by molar-refractivity contribution is -0.154. The Kier molecular flexibility index (Phi) is 5.63. The molecule has 1 heterocycles. The first-order valence-electron chi connectivity index (χ1n) is 6.12. The first-order valence-corrected chi connectivity index (χ1v) is 7.23. The van der Waals surface area contributed by atoms with Gasteiger partial charge >= 0.3 is 6.18 Å². The minimum Gasteiger partial charge on any atom is -0.591 e. The van der Waals surface area contributed by atoms with Gasteiger partial charge in [-0.2, -0.15) is 13.2 Å². The van der Waals surface area contributed by atoms with Crippen LogP contribution in [0.25, 0.3) is 0 Å². The third kappa shape index (κ3) is 6.34. The molecule has 1 aromatic heterocycles. The molecular formula is C13H17F3N2O2S. The molecule has 0 bridgehead atoms. The predicted octanol–water partition coefficient (Wildman–Crippen LogP) is 3.29. The van der Waals surface area contributed by atoms with E-state index >= 15 is 0 Å². The molecule has 21 heavy (non-hydrogen) atoms. The Labute approximate surface area is 124 Å². The Morgan fingerprint density at radius 1 is 1.38 bits per heavy atom. The van der Waals surface area contributed by atoms with Gasteiger partial charge < -0.3 is 9.29 Å². The zero-order valence-corrected chi connectivity index (χ0v) is 13.0. The average Bonchev–Trinajstić information content (AvgIpc) is 2.34. The molecule has 0 N–H and O–H groups in total. The molecule has 8 heteroatoms. The van der Waals surface area contributed by atoms with Crippen molar-refractivity contribution in [3.05, 3.63) is 23.9 Å². The largest absolute Gasteiger partial charge is 0.591 e. The second kappa shape index (κ2) is 6.65. The van der Waals surface area contributed by atoms with Gasteiger partial charge in [-0.1, -0.05) is 4.40 Å². The zero-order valence-electron chi connectivity index (χ0n) is 12.2. The summed E-state index contributed by atoms with van der Waals surface area (Å²) < 4.78 is 56.3. The van der Waals surface area contributed by atoms with E-state index in [1.807, 2.05) is 0 Å². The van der Waals surface area contributed by atoms with E-state index in [9.17, 15) is 17.7 Å². The number of halogens is 3. The van der Waals surface area contributed by atoms with Gasteiger partial charge in [-0.15, -0.1) is 0 Å². The lowest BCUT2D eigenvalue weighted by atomic mass is 10.2. The van der Waals surface area contributed by atoms with Crippen LogP contribution in [-0.2, 0) is 11.4 Å². The highest BCUT2D eigenvalue weighted by Crippen LogP contribution is 2.20. The number of alkyl halides is 3. The number of nitrogens with zero attached hydrogens (tertiary/aromatic N) is 2. The second-order valence-corrected chi connectivity index (χ2v) is 7.23. The van der Waals surface area contributed by atoms with Gasteiger partial charge in [-0.05, 0) is 33.8 Å². The Hall–Kier alpha value is -1.28. The van der Waals surface area contributed by atoms with E-state index in [0.717, 1.165) is 0 Å². The van der Waals surface area contributed by atoms with Crippen LogP contribution in [0.4, 0.5) is 13.2 Å². The number of pyridine rings is 1. The fraction of sp³-hybridized carbons (Fsp3) is 0.538. The first-order chi connectivity index (χ1) is 9.49. The summed E-state index contributed by atoms with van der Waals surface area (Å²) >= 11 is -1.45. The smallest absolute Gasteiger partial charge is 0.422 e. The topological polar surface area (TPSA) is 57.5 Å². The first kappa shape index (κ1) is 17.8. The number of hydrogen-bond donors (Lipinski definition) is 0. The van der Waals surface area contributed by atoms with Crippen LogP contribution in [0.3, 0.4) is 0 Å². The van der Waals surface area contributed by atoms with Gasteiger partial charge in [0.05, 0.1) is 5.71 Å². The Morgan fingerprint density at radius 2 is 2.00 bits per heavy atom. The van der Waals surface area contributed by atoms with Crippen molar-refractivity contribution in [1.29, 1.82) is 0 Å². The molecule has 0 aliphatic heterocycles. The Bertz CT molecular complexity index is 513. The van der Waals surface area contributed by atoms with Crippen LogP contribution in [0.2, 0.25) is 0 Å². The normalized spacial score (nSPS) is 15.0. The molecule has 1 unspecified atom stereocenters. The van der Waals surface area contributed by atoms with Gasteiger partial charge in [0.25, 0.3) is 0 Å². The number of aromatic nitrogens is 1. The van der Waals surface area contributed by atoms with Crippen LogP contribution < -0.4 is 4.74 Å². The molecule has 1 rings (SSSR count). The van der Waals surface area contributed by atoms with Crippen LogP contribution in [0.5, 0.6) is 5.88 Å². The Balaban J connectivity index is 2.87. The molecule has 0 aromatic carbocycles. The van der Waals surface area contributed by atoms with E-state index in [0.29, 0.717) is 11.3 Å². The summed E-state index contributed by atoms with van der Waals surface area (Å²) in [6.07, 6.45) is -3.10. The van der Waals surface area contributed by atoms with Crippen LogP contribution in [-0.4, -0.2) is 32.8 Å². The van der Waals surface area contributed by atoms with Crippen molar-refractivity contribution in [2.24, 2.45) is 4.40 Å². The zero-order chi connectivity index (χ0) is 16.3. The monoisotopic (exact) mass is 322 g/mol. The third-order valence-electron chi connectivity index (χ3n) is 2.28. The minimum atomic E-state index is -4.42. The van der Waals surface area contributed by atoms with Crippen LogP contribution >= 0.6 is 0 Å². The van der Waals surface area contributed by atoms with Crippen molar-refractivity contribution in [3.8, 4) is 5.88 Å². The molecular weight excluding hydrogens is 305 g/mol. The van der Waals surface area contributed by atoms with E-state index in [4.69, 9.17) is 0 Å². The summed E-state index contributed by atoms with van der Waals surface area (Å²) in [5.74, 6) is -0.152. The standard InChI is InChI=1S/C13H17F3N2O2S/c1-9(18-21(19)12(2,3)4)10-5-6-17-11(7-10)20-8-13(14,15)16/h5-7H,8H2,1-4H3. The summed E-state index contributed by atoms with van der Waals surface area (Å²) in [7, 11) is 0. The second-order valence-electron chi connectivity index (χ2n) is 5.32. The number of ether oxygens (including phenoxy) is 1.